The summed E-state index contributed by atoms with van der Waals surface area (Å²) in [6.45, 7) is 0.532. The van der Waals surface area contributed by atoms with Crippen molar-refractivity contribution in [3.63, 3.8) is 0 Å². The predicted molar refractivity (Wildman–Crippen MR) is 59.7 cm³/mol. The molecule has 0 aromatic heterocycles. The first-order valence-electron chi connectivity index (χ1n) is 5.88. The number of carbonyl (C=O) groups excluding carboxylic acids is 2. The molecule has 3 N–H and O–H groups in total. The van der Waals surface area contributed by atoms with E-state index in [4.69, 9.17) is 5.11 Å². The fraction of sp³-hybridized carbons (Fsp3) is 0.727. The van der Waals surface area contributed by atoms with Crippen LogP contribution in [0.4, 0.5) is 4.79 Å². The summed E-state index contributed by atoms with van der Waals surface area (Å²) in [6.07, 6.45) is 2.86. The summed E-state index contributed by atoms with van der Waals surface area (Å²) in [5.74, 6) is -1.89. The van der Waals surface area contributed by atoms with Crippen molar-refractivity contribution in [1.29, 1.82) is 0 Å². The van der Waals surface area contributed by atoms with E-state index in [1.165, 1.54) is 0 Å². The molecule has 1 saturated heterocycles. The molecule has 7 heteroatoms. The molecule has 18 heavy (non-hydrogen) atoms. The molecule has 2 aliphatic rings. The number of nitrogens with one attached hydrogen (secondary N) is 1. The normalized spacial score (nSPS) is 25.3. The number of amides is 3. The summed E-state index contributed by atoms with van der Waals surface area (Å²) in [7, 11) is 0. The van der Waals surface area contributed by atoms with Crippen molar-refractivity contribution < 1.29 is 24.6 Å². The van der Waals surface area contributed by atoms with E-state index in [9.17, 15) is 19.5 Å². The van der Waals surface area contributed by atoms with Gasteiger partial charge in [-0.1, -0.05) is 12.8 Å². The summed E-state index contributed by atoms with van der Waals surface area (Å²) < 4.78 is 0. The molecular formula is C11H16N2O5. The average molecular weight is 256 g/mol. The highest BCUT2D eigenvalue weighted by Gasteiger charge is 2.54. The van der Waals surface area contributed by atoms with Crippen LogP contribution in [0.2, 0.25) is 0 Å². The van der Waals surface area contributed by atoms with Crippen molar-refractivity contribution in [2.45, 2.75) is 43.7 Å². The second-order valence-corrected chi connectivity index (χ2v) is 5.19. The Kier molecular flexibility index (Phi) is 2.81. The third kappa shape index (κ3) is 1.84. The number of aliphatic carboxylic acids is 1. The van der Waals surface area contributed by atoms with Gasteiger partial charge < -0.3 is 15.5 Å². The van der Waals surface area contributed by atoms with Crippen LogP contribution in [0.15, 0.2) is 0 Å². The van der Waals surface area contributed by atoms with E-state index in [0.717, 1.165) is 24.7 Å². The number of carboxylic acid groups (broad SMARTS) is 1. The number of imide groups is 1. The van der Waals surface area contributed by atoms with E-state index >= 15 is 0 Å². The summed E-state index contributed by atoms with van der Waals surface area (Å²) in [4.78, 5) is 35.5. The van der Waals surface area contributed by atoms with E-state index in [1.807, 2.05) is 0 Å². The fourth-order valence-electron chi connectivity index (χ4n) is 2.51. The van der Waals surface area contributed by atoms with Crippen LogP contribution in [0.3, 0.4) is 0 Å². The van der Waals surface area contributed by atoms with Gasteiger partial charge in [0.1, 0.15) is 5.54 Å². The van der Waals surface area contributed by atoms with Gasteiger partial charge in [0.2, 0.25) is 0 Å². The number of aliphatic hydroxyl groups is 1. The summed E-state index contributed by atoms with van der Waals surface area (Å²) in [5, 5.41) is 21.1. The smallest absolute Gasteiger partial charge is 0.337 e. The summed E-state index contributed by atoms with van der Waals surface area (Å²) >= 11 is 0. The zero-order valence-electron chi connectivity index (χ0n) is 10.1. The Labute approximate surface area is 104 Å². The van der Waals surface area contributed by atoms with Gasteiger partial charge in [0.15, 0.2) is 5.60 Å². The maximum atomic E-state index is 12.2. The molecule has 100 valence electrons. The van der Waals surface area contributed by atoms with Gasteiger partial charge in [-0.2, -0.15) is 0 Å². The minimum atomic E-state index is -2.13. The van der Waals surface area contributed by atoms with Crippen molar-refractivity contribution in [2.24, 2.45) is 0 Å². The SMILES string of the molecule is C[C@@](O)(CN1C(=O)NC2(CCCC2)C1=O)C(=O)O. The number of nitrogens with zero attached hydrogens (tertiary/aromatic N) is 1. The first-order valence-corrected chi connectivity index (χ1v) is 5.88. The van der Waals surface area contributed by atoms with E-state index in [-0.39, 0.29) is 0 Å². The van der Waals surface area contributed by atoms with Crippen LogP contribution in [0.1, 0.15) is 32.6 Å². The highest BCUT2D eigenvalue weighted by atomic mass is 16.4. The Balaban J connectivity index is 2.18. The minimum Gasteiger partial charge on any atom is -0.479 e. The maximum absolute atomic E-state index is 12.2. The van der Waals surface area contributed by atoms with Crippen LogP contribution in [-0.4, -0.2) is 50.7 Å². The number of carbonyl (C=O) groups is 3. The molecule has 2 fully saturated rings. The second-order valence-electron chi connectivity index (χ2n) is 5.19. The second kappa shape index (κ2) is 3.94. The number of urea groups is 1. The quantitative estimate of drug-likeness (QED) is 0.600. The molecule has 1 heterocycles. The van der Waals surface area contributed by atoms with Crippen molar-refractivity contribution in [1.82, 2.24) is 10.2 Å². The zero-order valence-corrected chi connectivity index (χ0v) is 10.1. The molecule has 2 rings (SSSR count). The van der Waals surface area contributed by atoms with Crippen LogP contribution >= 0.6 is 0 Å². The van der Waals surface area contributed by atoms with Crippen LogP contribution in [0.25, 0.3) is 0 Å². The van der Waals surface area contributed by atoms with Crippen molar-refractivity contribution in [3.05, 3.63) is 0 Å². The molecule has 1 aliphatic carbocycles. The average Bonchev–Trinajstić information content (AvgIpc) is 2.81. The third-order valence-corrected chi connectivity index (χ3v) is 3.63. The molecule has 0 radical (unpaired) electrons. The van der Waals surface area contributed by atoms with Gasteiger partial charge in [-0.3, -0.25) is 9.69 Å². The Hall–Kier alpha value is -1.63. The molecule has 7 nitrogen and oxygen atoms in total. The largest absolute Gasteiger partial charge is 0.479 e. The van der Waals surface area contributed by atoms with Gasteiger partial charge in [0.25, 0.3) is 5.91 Å². The van der Waals surface area contributed by atoms with Gasteiger partial charge in [-0.25, -0.2) is 9.59 Å². The number of hydrogen-bond acceptors (Lipinski definition) is 4. The Morgan fingerprint density at radius 3 is 2.50 bits per heavy atom. The lowest BCUT2D eigenvalue weighted by Crippen LogP contribution is -2.50. The van der Waals surface area contributed by atoms with Crippen LogP contribution < -0.4 is 5.32 Å². The van der Waals surface area contributed by atoms with E-state index in [2.05, 4.69) is 5.32 Å². The van der Waals surface area contributed by atoms with Crippen molar-refractivity contribution in [2.75, 3.05) is 6.54 Å². The molecular weight excluding hydrogens is 240 g/mol. The van der Waals surface area contributed by atoms with Crippen molar-refractivity contribution >= 4 is 17.9 Å². The first-order chi connectivity index (χ1) is 8.28. The molecule has 1 aliphatic heterocycles. The summed E-state index contributed by atoms with van der Waals surface area (Å²) in [5.41, 5.74) is -3.00. The molecule has 1 atom stereocenters. The monoisotopic (exact) mass is 256 g/mol. The predicted octanol–water partition coefficient (Wildman–Crippen LogP) is -0.313. The molecule has 3 amide bonds. The van der Waals surface area contributed by atoms with Gasteiger partial charge >= 0.3 is 12.0 Å². The molecule has 1 spiro atoms. The van der Waals surface area contributed by atoms with E-state index in [0.29, 0.717) is 12.8 Å². The van der Waals surface area contributed by atoms with Crippen molar-refractivity contribution in [3.8, 4) is 0 Å². The number of rotatable bonds is 3. The third-order valence-electron chi connectivity index (χ3n) is 3.63. The minimum absolute atomic E-state index is 0.425. The molecule has 0 bridgehead atoms. The molecule has 1 saturated carbocycles. The summed E-state index contributed by atoms with van der Waals surface area (Å²) in [6, 6.07) is -0.622. The Morgan fingerprint density at radius 2 is 2.00 bits per heavy atom. The zero-order chi connectivity index (χ0) is 13.6. The molecule has 0 aromatic carbocycles. The topological polar surface area (TPSA) is 107 Å². The lowest BCUT2D eigenvalue weighted by molar-refractivity contribution is -0.158. The maximum Gasteiger partial charge on any atom is 0.337 e. The van der Waals surface area contributed by atoms with Crippen LogP contribution in [0.5, 0.6) is 0 Å². The van der Waals surface area contributed by atoms with E-state index in [1.54, 1.807) is 0 Å². The highest BCUT2D eigenvalue weighted by molar-refractivity contribution is 6.07. The number of β-amino-alcohol motifs (C(OH)–C–C–N with tert-alkyl or cyclic N) is 1. The molecule has 0 aromatic rings. The lowest BCUT2D eigenvalue weighted by atomic mass is 9.97. The highest BCUT2D eigenvalue weighted by Crippen LogP contribution is 2.35. The standard InChI is InChI=1S/C11H16N2O5/c1-10(18,8(15)16)6-13-7(14)11(12-9(13)17)4-2-3-5-11/h18H,2-6H2,1H3,(H,12,17)(H,15,16)/t10-/m1/s1. The fourth-order valence-corrected chi connectivity index (χ4v) is 2.51. The molecule has 0 unspecified atom stereocenters. The van der Waals surface area contributed by atoms with Gasteiger partial charge in [0.05, 0.1) is 6.54 Å². The first kappa shape index (κ1) is 12.8. The van der Waals surface area contributed by atoms with Crippen LogP contribution in [0, 0.1) is 0 Å². The number of hydrogen-bond donors (Lipinski definition) is 3. The van der Waals surface area contributed by atoms with E-state index < -0.39 is 35.6 Å². The van der Waals surface area contributed by atoms with Gasteiger partial charge in [-0.05, 0) is 19.8 Å². The Bertz CT molecular complexity index is 412. The van der Waals surface area contributed by atoms with Crippen LogP contribution in [-0.2, 0) is 9.59 Å². The lowest BCUT2D eigenvalue weighted by Gasteiger charge is -2.24. The number of carboxylic acids is 1. The van der Waals surface area contributed by atoms with Gasteiger partial charge in [0, 0.05) is 0 Å². The van der Waals surface area contributed by atoms with Gasteiger partial charge in [-0.15, -0.1) is 0 Å². The Morgan fingerprint density at radius 1 is 1.44 bits per heavy atom.